The summed E-state index contributed by atoms with van der Waals surface area (Å²) >= 11 is 13.8. The van der Waals surface area contributed by atoms with Crippen LogP contribution < -0.4 is 4.74 Å². The van der Waals surface area contributed by atoms with Crippen LogP contribution in [0.15, 0.2) is 47.6 Å². The molecule has 1 aromatic heterocycles. The van der Waals surface area contributed by atoms with Crippen LogP contribution >= 0.6 is 35.0 Å². The number of thioether (sulfide) groups is 1. The molecule has 0 saturated heterocycles. The summed E-state index contributed by atoms with van der Waals surface area (Å²) < 4.78 is 7.51. The van der Waals surface area contributed by atoms with E-state index >= 15 is 0 Å². The average molecular weight is 394 g/mol. The molecule has 0 radical (unpaired) electrons. The predicted octanol–water partition coefficient (Wildman–Crippen LogP) is 5.57. The van der Waals surface area contributed by atoms with Crippen LogP contribution in [0.4, 0.5) is 0 Å². The normalized spacial score (nSPS) is 10.9. The number of rotatable bonds is 6. The Bertz CT molecular complexity index is 865. The van der Waals surface area contributed by atoms with Gasteiger partial charge in [-0.1, -0.05) is 41.0 Å². The number of hydrogen-bond donors (Lipinski definition) is 0. The number of halogens is 2. The van der Waals surface area contributed by atoms with Gasteiger partial charge in [0.15, 0.2) is 5.16 Å². The lowest BCUT2D eigenvalue weighted by Gasteiger charge is -2.10. The van der Waals surface area contributed by atoms with Gasteiger partial charge in [0.25, 0.3) is 0 Å². The zero-order valence-corrected chi connectivity index (χ0v) is 16.2. The molecule has 2 aromatic carbocycles. The molecule has 130 valence electrons. The quantitative estimate of drug-likeness (QED) is 0.512. The van der Waals surface area contributed by atoms with Gasteiger partial charge in [-0.2, -0.15) is 0 Å². The number of hydrogen-bond acceptors (Lipinski definition) is 4. The Morgan fingerprint density at radius 2 is 1.84 bits per heavy atom. The van der Waals surface area contributed by atoms with Crippen LogP contribution in [-0.4, -0.2) is 21.4 Å². The highest BCUT2D eigenvalue weighted by molar-refractivity contribution is 7.98. The topological polar surface area (TPSA) is 39.9 Å². The molecular formula is C18H17Cl2N3OS. The Balaban J connectivity index is 1.81. The van der Waals surface area contributed by atoms with E-state index in [1.165, 1.54) is 0 Å². The smallest absolute Gasteiger partial charge is 0.196 e. The molecule has 0 amide bonds. The molecule has 25 heavy (non-hydrogen) atoms. The van der Waals surface area contributed by atoms with Crippen LogP contribution in [0.5, 0.6) is 5.75 Å². The van der Waals surface area contributed by atoms with Gasteiger partial charge in [-0.25, -0.2) is 0 Å². The fourth-order valence-electron chi connectivity index (χ4n) is 2.37. The van der Waals surface area contributed by atoms with Crippen molar-refractivity contribution in [1.82, 2.24) is 14.8 Å². The van der Waals surface area contributed by atoms with Crippen LogP contribution in [0.2, 0.25) is 10.0 Å². The summed E-state index contributed by atoms with van der Waals surface area (Å²) in [6.07, 6.45) is 0. The largest absolute Gasteiger partial charge is 0.494 e. The summed E-state index contributed by atoms with van der Waals surface area (Å²) in [5.74, 6) is 2.36. The van der Waals surface area contributed by atoms with E-state index < -0.39 is 0 Å². The third-order valence-electron chi connectivity index (χ3n) is 3.57. The van der Waals surface area contributed by atoms with Gasteiger partial charge in [-0.05, 0) is 55.8 Å². The van der Waals surface area contributed by atoms with Gasteiger partial charge < -0.3 is 4.74 Å². The molecule has 0 aliphatic heterocycles. The lowest BCUT2D eigenvalue weighted by molar-refractivity contribution is 0.340. The van der Waals surface area contributed by atoms with Crippen molar-refractivity contribution in [1.29, 1.82) is 0 Å². The van der Waals surface area contributed by atoms with E-state index in [-0.39, 0.29) is 0 Å². The first-order valence-corrected chi connectivity index (χ1v) is 9.54. The van der Waals surface area contributed by atoms with Crippen molar-refractivity contribution >= 4 is 35.0 Å². The first-order valence-electron chi connectivity index (χ1n) is 7.80. The lowest BCUT2D eigenvalue weighted by atomic mass is 10.2. The number of aromatic nitrogens is 3. The molecule has 0 atom stereocenters. The number of benzene rings is 2. The highest BCUT2D eigenvalue weighted by atomic mass is 35.5. The van der Waals surface area contributed by atoms with Crippen molar-refractivity contribution in [3.63, 3.8) is 0 Å². The predicted molar refractivity (Wildman–Crippen MR) is 103 cm³/mol. The average Bonchev–Trinajstić information content (AvgIpc) is 2.96. The summed E-state index contributed by atoms with van der Waals surface area (Å²) in [5, 5.41) is 10.6. The van der Waals surface area contributed by atoms with E-state index in [4.69, 9.17) is 27.9 Å². The second kappa shape index (κ2) is 8.13. The molecule has 0 aliphatic rings. The van der Waals surface area contributed by atoms with E-state index in [2.05, 4.69) is 10.2 Å². The molecule has 0 fully saturated rings. The van der Waals surface area contributed by atoms with E-state index in [0.29, 0.717) is 22.4 Å². The maximum atomic E-state index is 6.25. The zero-order valence-electron chi connectivity index (χ0n) is 13.9. The summed E-state index contributed by atoms with van der Waals surface area (Å²) in [5.41, 5.74) is 2.01. The van der Waals surface area contributed by atoms with Crippen molar-refractivity contribution in [3.8, 4) is 11.4 Å². The maximum Gasteiger partial charge on any atom is 0.196 e. The molecule has 4 nitrogen and oxygen atoms in total. The Labute approximate surface area is 161 Å². The second-order valence-corrected chi connectivity index (χ2v) is 7.10. The fourth-order valence-corrected chi connectivity index (χ4v) is 3.93. The summed E-state index contributed by atoms with van der Waals surface area (Å²) in [6.45, 7) is 4.55. The van der Waals surface area contributed by atoms with Crippen molar-refractivity contribution in [2.75, 3.05) is 6.61 Å². The van der Waals surface area contributed by atoms with E-state index in [9.17, 15) is 0 Å². The monoisotopic (exact) mass is 393 g/mol. The van der Waals surface area contributed by atoms with Crippen LogP contribution in [0, 0.1) is 6.92 Å². The molecule has 1 heterocycles. The standard InChI is InChI=1S/C18H17Cl2N3OS/c1-3-24-16-8-6-15(7-9-16)23-12(2)21-22-18(23)25-11-13-4-5-14(19)10-17(13)20/h4-10H,3,11H2,1-2H3. The van der Waals surface area contributed by atoms with Gasteiger partial charge in [0.05, 0.1) is 6.61 Å². The molecule has 0 unspecified atom stereocenters. The van der Waals surface area contributed by atoms with Gasteiger partial charge in [0.2, 0.25) is 0 Å². The molecule has 0 aliphatic carbocycles. The maximum absolute atomic E-state index is 6.25. The van der Waals surface area contributed by atoms with Gasteiger partial charge >= 0.3 is 0 Å². The van der Waals surface area contributed by atoms with Crippen molar-refractivity contribution < 1.29 is 4.74 Å². The molecule has 7 heteroatoms. The number of aryl methyl sites for hydroxylation is 1. The summed E-state index contributed by atoms with van der Waals surface area (Å²) in [6, 6.07) is 13.4. The minimum atomic E-state index is 0.632. The van der Waals surface area contributed by atoms with E-state index in [0.717, 1.165) is 28.0 Å². The van der Waals surface area contributed by atoms with Crippen molar-refractivity contribution in [2.24, 2.45) is 0 Å². The van der Waals surface area contributed by atoms with Crippen LogP contribution in [0.3, 0.4) is 0 Å². The minimum absolute atomic E-state index is 0.632. The van der Waals surface area contributed by atoms with Crippen LogP contribution in [0.1, 0.15) is 18.3 Å². The highest BCUT2D eigenvalue weighted by Crippen LogP contribution is 2.29. The number of nitrogens with zero attached hydrogens (tertiary/aromatic N) is 3. The third-order valence-corrected chi connectivity index (χ3v) is 5.14. The Hall–Kier alpha value is -1.69. The van der Waals surface area contributed by atoms with E-state index in [1.807, 2.05) is 54.8 Å². The molecule has 0 bridgehead atoms. The Morgan fingerprint density at radius 1 is 1.08 bits per heavy atom. The third kappa shape index (κ3) is 4.29. The highest BCUT2D eigenvalue weighted by Gasteiger charge is 2.13. The van der Waals surface area contributed by atoms with Gasteiger partial charge in [0, 0.05) is 21.5 Å². The molecular weight excluding hydrogens is 377 g/mol. The summed E-state index contributed by atoms with van der Waals surface area (Å²) in [4.78, 5) is 0. The van der Waals surface area contributed by atoms with Crippen molar-refractivity contribution in [3.05, 3.63) is 63.9 Å². The molecule has 3 aromatic rings. The first kappa shape index (κ1) is 18.1. The molecule has 0 spiro atoms. The second-order valence-electron chi connectivity index (χ2n) is 5.32. The zero-order chi connectivity index (χ0) is 17.8. The molecule has 0 saturated carbocycles. The van der Waals surface area contributed by atoms with Crippen LogP contribution in [-0.2, 0) is 5.75 Å². The summed E-state index contributed by atoms with van der Waals surface area (Å²) in [7, 11) is 0. The lowest BCUT2D eigenvalue weighted by Crippen LogP contribution is -2.00. The van der Waals surface area contributed by atoms with Crippen molar-refractivity contribution in [2.45, 2.75) is 24.8 Å². The number of ether oxygens (including phenoxy) is 1. The fraction of sp³-hybridized carbons (Fsp3) is 0.222. The molecule has 0 N–H and O–H groups in total. The minimum Gasteiger partial charge on any atom is -0.494 e. The SMILES string of the molecule is CCOc1ccc(-n2c(C)nnc2SCc2ccc(Cl)cc2Cl)cc1. The van der Waals surface area contributed by atoms with E-state index in [1.54, 1.807) is 17.8 Å². The molecule has 3 rings (SSSR count). The van der Waals surface area contributed by atoms with Crippen LogP contribution in [0.25, 0.3) is 5.69 Å². The Kier molecular flexibility index (Phi) is 5.89. The van der Waals surface area contributed by atoms with Gasteiger partial charge in [-0.3, -0.25) is 4.57 Å². The first-order chi connectivity index (χ1) is 12.1. The Morgan fingerprint density at radius 3 is 2.52 bits per heavy atom. The van der Waals surface area contributed by atoms with Gasteiger partial charge in [0.1, 0.15) is 11.6 Å². The van der Waals surface area contributed by atoms with Gasteiger partial charge in [-0.15, -0.1) is 10.2 Å².